The Kier molecular flexibility index (Phi) is 11.4. The Balaban J connectivity index is 1.81. The summed E-state index contributed by atoms with van der Waals surface area (Å²) in [5, 5.41) is 3.76. The minimum Gasteiger partial charge on any atom is -0.354 e. The first-order valence-corrected chi connectivity index (χ1v) is 13.9. The van der Waals surface area contributed by atoms with Crippen LogP contribution in [0.5, 0.6) is 0 Å². The lowest BCUT2D eigenvalue weighted by Crippen LogP contribution is -2.50. The average molecular weight is 523 g/mol. The lowest BCUT2D eigenvalue weighted by Gasteiger charge is -2.31. The molecule has 0 heterocycles. The summed E-state index contributed by atoms with van der Waals surface area (Å²) in [6.45, 7) is 5.14. The molecule has 0 aromatic heterocycles. The van der Waals surface area contributed by atoms with Crippen LogP contribution in [0.15, 0.2) is 83.8 Å². The summed E-state index contributed by atoms with van der Waals surface area (Å²) in [5.41, 5.74) is 3.21. The van der Waals surface area contributed by atoms with Crippen LogP contribution in [-0.2, 0) is 22.6 Å². The largest absolute Gasteiger partial charge is 0.354 e. The quantitative estimate of drug-likeness (QED) is 0.201. The molecule has 36 heavy (non-hydrogen) atoms. The molecule has 190 valence electrons. The number of thioether (sulfide) groups is 1. The number of benzene rings is 3. The Morgan fingerprint density at radius 1 is 0.944 bits per heavy atom. The van der Waals surface area contributed by atoms with E-state index in [1.54, 1.807) is 16.7 Å². The fourth-order valence-electron chi connectivity index (χ4n) is 3.88. The molecule has 0 bridgehead atoms. The molecule has 0 aliphatic rings. The van der Waals surface area contributed by atoms with Crippen LogP contribution < -0.4 is 5.32 Å². The second kappa shape index (κ2) is 14.7. The molecule has 3 aromatic rings. The van der Waals surface area contributed by atoms with Crippen LogP contribution in [0.3, 0.4) is 0 Å². The van der Waals surface area contributed by atoms with E-state index in [2.05, 4.69) is 12.2 Å². The molecule has 6 heteroatoms. The number of halogens is 1. The summed E-state index contributed by atoms with van der Waals surface area (Å²) in [6.07, 6.45) is 2.72. The molecule has 0 unspecified atom stereocenters. The lowest BCUT2D eigenvalue weighted by molar-refractivity contribution is -0.141. The Morgan fingerprint density at radius 3 is 2.31 bits per heavy atom. The van der Waals surface area contributed by atoms with E-state index >= 15 is 0 Å². The second-order valence-electron chi connectivity index (χ2n) is 8.91. The summed E-state index contributed by atoms with van der Waals surface area (Å²) in [6, 6.07) is 25.1. The third-order valence-corrected chi connectivity index (χ3v) is 7.24. The summed E-state index contributed by atoms with van der Waals surface area (Å²) in [7, 11) is 0. The summed E-state index contributed by atoms with van der Waals surface area (Å²) < 4.78 is 0. The third kappa shape index (κ3) is 9.03. The molecule has 0 aliphatic heterocycles. The van der Waals surface area contributed by atoms with E-state index in [-0.39, 0.29) is 11.8 Å². The fourth-order valence-corrected chi connectivity index (χ4v) is 4.85. The normalized spacial score (nSPS) is 11.6. The number of nitrogens with one attached hydrogen (secondary N) is 1. The van der Waals surface area contributed by atoms with Crippen LogP contribution in [0.4, 0.5) is 0 Å². The number of rotatable bonds is 13. The van der Waals surface area contributed by atoms with Gasteiger partial charge in [-0.1, -0.05) is 85.1 Å². The van der Waals surface area contributed by atoms with Crippen molar-refractivity contribution in [2.24, 2.45) is 0 Å². The van der Waals surface area contributed by atoms with Crippen LogP contribution >= 0.6 is 23.4 Å². The van der Waals surface area contributed by atoms with Gasteiger partial charge in [0, 0.05) is 41.6 Å². The maximum atomic E-state index is 13.6. The predicted octanol–water partition coefficient (Wildman–Crippen LogP) is 6.69. The number of amides is 2. The summed E-state index contributed by atoms with van der Waals surface area (Å²) >= 11 is 7.61. The van der Waals surface area contributed by atoms with E-state index in [0.29, 0.717) is 36.7 Å². The molecule has 3 aromatic carbocycles. The highest BCUT2D eigenvalue weighted by molar-refractivity contribution is 7.99. The van der Waals surface area contributed by atoms with Gasteiger partial charge in [0.05, 0.1) is 0 Å². The van der Waals surface area contributed by atoms with Crippen molar-refractivity contribution >= 4 is 35.2 Å². The molecular weight excluding hydrogens is 488 g/mol. The Hall–Kier alpha value is -2.76. The number of hydrogen-bond donors (Lipinski definition) is 1. The topological polar surface area (TPSA) is 49.4 Å². The maximum absolute atomic E-state index is 13.6. The number of carbonyl (C=O) groups excluding carboxylic acids is 2. The van der Waals surface area contributed by atoms with Crippen LogP contribution in [-0.4, -0.2) is 35.1 Å². The molecule has 0 fully saturated rings. The van der Waals surface area contributed by atoms with E-state index in [1.807, 2.05) is 85.8 Å². The van der Waals surface area contributed by atoms with Crippen molar-refractivity contribution in [1.29, 1.82) is 0 Å². The van der Waals surface area contributed by atoms with Crippen LogP contribution in [0.25, 0.3) is 0 Å². The Labute approximate surface area is 224 Å². The molecule has 1 atom stereocenters. The van der Waals surface area contributed by atoms with Gasteiger partial charge in [0.2, 0.25) is 11.8 Å². The maximum Gasteiger partial charge on any atom is 0.243 e. The van der Waals surface area contributed by atoms with Crippen LogP contribution in [0, 0.1) is 6.92 Å². The molecular formula is C30H35ClN2O2S. The predicted molar refractivity (Wildman–Crippen MR) is 150 cm³/mol. The first kappa shape index (κ1) is 27.8. The smallest absolute Gasteiger partial charge is 0.243 e. The monoisotopic (exact) mass is 522 g/mol. The number of hydrogen-bond acceptors (Lipinski definition) is 3. The van der Waals surface area contributed by atoms with Gasteiger partial charge in [-0.25, -0.2) is 0 Å². The highest BCUT2D eigenvalue weighted by Gasteiger charge is 2.30. The van der Waals surface area contributed by atoms with Crippen molar-refractivity contribution < 1.29 is 9.59 Å². The number of unbranched alkanes of at least 4 members (excludes halogenated alkanes) is 1. The van der Waals surface area contributed by atoms with Crippen LogP contribution in [0.1, 0.15) is 42.9 Å². The first-order chi connectivity index (χ1) is 17.5. The number of carbonyl (C=O) groups is 2. The molecule has 0 saturated heterocycles. The van der Waals surface area contributed by atoms with Gasteiger partial charge >= 0.3 is 0 Å². The molecule has 1 N–H and O–H groups in total. The molecule has 2 amide bonds. The lowest BCUT2D eigenvalue weighted by atomic mass is 10.0. The minimum absolute atomic E-state index is 0.0244. The third-order valence-electron chi connectivity index (χ3n) is 5.97. The zero-order valence-corrected chi connectivity index (χ0v) is 22.7. The Bertz CT molecular complexity index is 1090. The van der Waals surface area contributed by atoms with E-state index < -0.39 is 6.04 Å². The number of nitrogens with zero attached hydrogens (tertiary/aromatic N) is 1. The van der Waals surface area contributed by atoms with Crippen molar-refractivity contribution in [3.63, 3.8) is 0 Å². The van der Waals surface area contributed by atoms with E-state index in [1.165, 1.54) is 0 Å². The zero-order valence-electron chi connectivity index (χ0n) is 21.1. The summed E-state index contributed by atoms with van der Waals surface area (Å²) in [4.78, 5) is 29.9. The van der Waals surface area contributed by atoms with E-state index in [4.69, 9.17) is 11.6 Å². The van der Waals surface area contributed by atoms with Crippen LogP contribution in [0.2, 0.25) is 5.02 Å². The second-order valence-corrected chi connectivity index (χ2v) is 10.5. The molecule has 3 rings (SSSR count). The molecule has 0 saturated carbocycles. The highest BCUT2D eigenvalue weighted by Crippen LogP contribution is 2.22. The standard InChI is InChI=1S/C30H35ClN2O2S/c1-3-4-19-32-30(35)28(21-24-8-6-5-7-9-24)33(22-25-12-10-23(2)11-13-25)29(34)18-20-36-27-16-14-26(31)15-17-27/h5-17,28H,3-4,18-22H2,1-2H3,(H,32,35)/t28-/m0/s1. The zero-order chi connectivity index (χ0) is 25.8. The Morgan fingerprint density at radius 2 is 1.64 bits per heavy atom. The van der Waals surface area contributed by atoms with Gasteiger partial charge in [-0.05, 0) is 48.7 Å². The molecule has 0 radical (unpaired) electrons. The summed E-state index contributed by atoms with van der Waals surface area (Å²) in [5.74, 6) is 0.502. The van der Waals surface area contributed by atoms with Gasteiger partial charge in [0.1, 0.15) is 6.04 Å². The van der Waals surface area contributed by atoms with Gasteiger partial charge in [-0.2, -0.15) is 0 Å². The molecule has 4 nitrogen and oxygen atoms in total. The van der Waals surface area contributed by atoms with Crippen molar-refractivity contribution in [3.05, 3.63) is 101 Å². The first-order valence-electron chi connectivity index (χ1n) is 12.5. The molecule has 0 spiro atoms. The highest BCUT2D eigenvalue weighted by atomic mass is 35.5. The fraction of sp³-hybridized carbons (Fsp3) is 0.333. The minimum atomic E-state index is -0.585. The van der Waals surface area contributed by atoms with Crippen molar-refractivity contribution in [3.8, 4) is 0 Å². The van der Waals surface area contributed by atoms with Gasteiger partial charge in [0.25, 0.3) is 0 Å². The van der Waals surface area contributed by atoms with Crippen molar-refractivity contribution in [2.45, 2.75) is 57.0 Å². The van der Waals surface area contributed by atoms with Gasteiger partial charge in [-0.3, -0.25) is 9.59 Å². The van der Waals surface area contributed by atoms with Gasteiger partial charge < -0.3 is 10.2 Å². The van der Waals surface area contributed by atoms with Gasteiger partial charge in [-0.15, -0.1) is 11.8 Å². The SMILES string of the molecule is CCCCNC(=O)[C@H](Cc1ccccc1)N(Cc1ccc(C)cc1)C(=O)CCSc1ccc(Cl)cc1. The van der Waals surface area contributed by atoms with Crippen molar-refractivity contribution in [1.82, 2.24) is 10.2 Å². The molecule has 0 aliphatic carbocycles. The average Bonchev–Trinajstić information content (AvgIpc) is 2.89. The van der Waals surface area contributed by atoms with E-state index in [0.717, 1.165) is 34.4 Å². The van der Waals surface area contributed by atoms with Crippen molar-refractivity contribution in [2.75, 3.05) is 12.3 Å². The van der Waals surface area contributed by atoms with Gasteiger partial charge in [0.15, 0.2) is 0 Å². The number of aryl methyl sites for hydroxylation is 1. The van der Waals surface area contributed by atoms with E-state index in [9.17, 15) is 9.59 Å².